The fourth-order valence-electron chi connectivity index (χ4n) is 9.33. The van der Waals surface area contributed by atoms with Gasteiger partial charge in [-0.05, 0) is 96.3 Å². The Hall–Kier alpha value is -2.90. The fraction of sp³-hybridized carbons (Fsp3) is 0.785. The molecule has 1 fully saturated rings. The van der Waals surface area contributed by atoms with E-state index >= 15 is 0 Å². The Balaban J connectivity index is 2.71. The third kappa shape index (κ3) is 40.3. The maximum Gasteiger partial charge on any atom is 0.306 e. The lowest BCUT2D eigenvalue weighted by Gasteiger charge is -2.41. The zero-order valence-corrected chi connectivity index (χ0v) is 48.6. The molecule has 1 rings (SSSR count). The Morgan fingerprint density at radius 1 is 0.513 bits per heavy atom. The van der Waals surface area contributed by atoms with Crippen molar-refractivity contribution >= 4 is 11.9 Å². The van der Waals surface area contributed by atoms with Crippen LogP contribution >= 0.6 is 0 Å². The Kier molecular flexibility index (Phi) is 49.4. The topological polar surface area (TPSA) is 175 Å². The first-order valence-corrected chi connectivity index (χ1v) is 31.2. The first-order valence-electron chi connectivity index (χ1n) is 31.2. The smallest absolute Gasteiger partial charge is 0.306 e. The van der Waals surface area contributed by atoms with Crippen molar-refractivity contribution in [3.8, 4) is 0 Å². The van der Waals surface area contributed by atoms with Gasteiger partial charge in [0.1, 0.15) is 24.4 Å². The second-order valence-corrected chi connectivity index (χ2v) is 21.4. The van der Waals surface area contributed by atoms with Gasteiger partial charge in [0.15, 0.2) is 12.4 Å². The molecule has 1 saturated heterocycles. The summed E-state index contributed by atoms with van der Waals surface area (Å²) in [5.74, 6) is -1.23. The summed E-state index contributed by atoms with van der Waals surface area (Å²) >= 11 is 0. The van der Waals surface area contributed by atoms with Crippen LogP contribution in [0.3, 0.4) is 0 Å². The van der Waals surface area contributed by atoms with Crippen LogP contribution in [0.2, 0.25) is 0 Å². The quantitative estimate of drug-likeness (QED) is 0.0195. The number of rotatable bonds is 52. The molecule has 0 bridgehead atoms. The normalized spacial score (nSPS) is 19.6. The summed E-state index contributed by atoms with van der Waals surface area (Å²) < 4.78 is 17.6. The molecule has 1 amide bonds. The Bertz CT molecular complexity index is 1510. The Labute approximate surface area is 464 Å². The monoisotopic (exact) mass is 1070 g/mol. The van der Waals surface area contributed by atoms with Gasteiger partial charge < -0.3 is 45.1 Å². The van der Waals surface area contributed by atoms with Gasteiger partial charge in [0, 0.05) is 6.42 Å². The minimum atomic E-state index is -1.63. The molecule has 11 nitrogen and oxygen atoms in total. The SMILES string of the molecule is CCCCC/C=C\C/C=C\C/C=C\C/C=C\CCCCCC(=O)OC1C(OCC(NC(=O)C(O)CCCCCCCC/C=C/CCCCCCCC)C(O)/C=C/CCCCCCCCCCCC)OC(CO)C(O)C1O. The van der Waals surface area contributed by atoms with Crippen LogP contribution in [0.5, 0.6) is 0 Å². The summed E-state index contributed by atoms with van der Waals surface area (Å²) in [4.78, 5) is 26.5. The van der Waals surface area contributed by atoms with E-state index in [1.54, 1.807) is 6.08 Å². The summed E-state index contributed by atoms with van der Waals surface area (Å²) in [5.41, 5.74) is 0. The second kappa shape index (κ2) is 52.8. The molecular weight excluding hydrogens is 955 g/mol. The van der Waals surface area contributed by atoms with Crippen molar-refractivity contribution < 1.29 is 49.3 Å². The van der Waals surface area contributed by atoms with E-state index in [1.165, 1.54) is 128 Å². The van der Waals surface area contributed by atoms with E-state index in [4.69, 9.17) is 14.2 Å². The lowest BCUT2D eigenvalue weighted by atomic mass is 9.99. The first kappa shape index (κ1) is 71.1. The highest BCUT2D eigenvalue weighted by Crippen LogP contribution is 2.26. The number of esters is 1. The van der Waals surface area contributed by atoms with Crippen molar-refractivity contribution in [2.45, 2.75) is 314 Å². The molecule has 440 valence electrons. The van der Waals surface area contributed by atoms with Crippen LogP contribution in [0.25, 0.3) is 0 Å². The van der Waals surface area contributed by atoms with Crippen LogP contribution in [-0.2, 0) is 23.8 Å². The molecule has 0 radical (unpaired) electrons. The highest BCUT2D eigenvalue weighted by atomic mass is 16.7. The van der Waals surface area contributed by atoms with E-state index in [1.807, 2.05) is 6.08 Å². The molecule has 0 aromatic carbocycles. The summed E-state index contributed by atoms with van der Waals surface area (Å²) in [7, 11) is 0. The van der Waals surface area contributed by atoms with E-state index in [0.29, 0.717) is 12.8 Å². The number of nitrogens with one attached hydrogen (secondary N) is 1. The number of unbranched alkanes of at least 4 members (excludes halogenated alkanes) is 28. The molecule has 0 saturated carbocycles. The standard InChI is InChI=1S/C65H115NO10/c1-4-7-10-13-16-19-22-25-27-29-30-31-33-35-38-41-44-47-50-53-60(70)76-63-62(72)61(71)59(54-67)75-65(63)74-55-56(57(68)51-48-45-42-39-36-24-21-18-15-12-9-6-3)66-64(73)58(69)52-49-46-43-40-37-34-32-28-26-23-20-17-14-11-8-5-2/h16,19,25-28,30-31,35,38,48,51,56-59,61-63,65,67-69,71-72H,4-15,17-18,20-24,29,32-34,36-37,39-47,49-50,52-55H2,1-3H3,(H,66,73)/b19-16-,27-25-,28-26+,31-30-,38-35-,51-48+. The molecule has 1 aliphatic heterocycles. The average Bonchev–Trinajstić information content (AvgIpc) is 3.42. The van der Waals surface area contributed by atoms with Gasteiger partial charge in [-0.2, -0.15) is 0 Å². The molecule has 8 unspecified atom stereocenters. The number of carbonyl (C=O) groups is 2. The number of hydrogen-bond acceptors (Lipinski definition) is 10. The molecule has 0 spiro atoms. The number of aliphatic hydroxyl groups excluding tert-OH is 5. The predicted octanol–water partition coefficient (Wildman–Crippen LogP) is 14.8. The van der Waals surface area contributed by atoms with Gasteiger partial charge in [0.05, 0.1) is 25.4 Å². The third-order valence-electron chi connectivity index (χ3n) is 14.3. The minimum absolute atomic E-state index is 0.0835. The van der Waals surface area contributed by atoms with Gasteiger partial charge in [-0.3, -0.25) is 9.59 Å². The van der Waals surface area contributed by atoms with Crippen molar-refractivity contribution in [1.29, 1.82) is 0 Å². The maximum absolute atomic E-state index is 13.4. The zero-order chi connectivity index (χ0) is 55.4. The van der Waals surface area contributed by atoms with Crippen molar-refractivity contribution in [3.05, 3.63) is 72.9 Å². The van der Waals surface area contributed by atoms with Crippen LogP contribution in [0.1, 0.15) is 265 Å². The van der Waals surface area contributed by atoms with Crippen LogP contribution in [0, 0.1) is 0 Å². The molecule has 0 aromatic rings. The van der Waals surface area contributed by atoms with Crippen LogP contribution in [-0.4, -0.2) is 99.6 Å². The van der Waals surface area contributed by atoms with Crippen LogP contribution < -0.4 is 5.32 Å². The van der Waals surface area contributed by atoms with Gasteiger partial charge in [-0.15, -0.1) is 0 Å². The summed E-state index contributed by atoms with van der Waals surface area (Å²) in [6.07, 6.45) is 56.5. The van der Waals surface area contributed by atoms with Crippen LogP contribution in [0.4, 0.5) is 0 Å². The average molecular weight is 1070 g/mol. The van der Waals surface area contributed by atoms with E-state index in [-0.39, 0.29) is 19.4 Å². The van der Waals surface area contributed by atoms with Crippen molar-refractivity contribution in [3.63, 3.8) is 0 Å². The number of hydrogen-bond donors (Lipinski definition) is 6. The second-order valence-electron chi connectivity index (χ2n) is 21.4. The van der Waals surface area contributed by atoms with Gasteiger partial charge in [-0.1, -0.05) is 235 Å². The highest BCUT2D eigenvalue weighted by molar-refractivity contribution is 5.80. The highest BCUT2D eigenvalue weighted by Gasteiger charge is 2.47. The lowest BCUT2D eigenvalue weighted by Crippen LogP contribution is -2.61. The Morgan fingerprint density at radius 3 is 1.39 bits per heavy atom. The van der Waals surface area contributed by atoms with E-state index < -0.39 is 67.4 Å². The molecule has 0 aromatic heterocycles. The van der Waals surface area contributed by atoms with Crippen molar-refractivity contribution in [2.75, 3.05) is 13.2 Å². The largest absolute Gasteiger partial charge is 0.454 e. The van der Waals surface area contributed by atoms with E-state index in [9.17, 15) is 35.1 Å². The summed E-state index contributed by atoms with van der Waals surface area (Å²) in [5, 5.41) is 57.0. The number of carbonyl (C=O) groups excluding carboxylic acids is 2. The lowest BCUT2D eigenvalue weighted by molar-refractivity contribution is -0.305. The van der Waals surface area contributed by atoms with Crippen LogP contribution in [0.15, 0.2) is 72.9 Å². The number of amides is 1. The predicted molar refractivity (Wildman–Crippen MR) is 315 cm³/mol. The van der Waals surface area contributed by atoms with Crippen molar-refractivity contribution in [1.82, 2.24) is 5.32 Å². The van der Waals surface area contributed by atoms with Crippen molar-refractivity contribution in [2.24, 2.45) is 0 Å². The number of ether oxygens (including phenoxy) is 3. The summed E-state index contributed by atoms with van der Waals surface area (Å²) in [6.45, 7) is 5.74. The molecule has 0 aliphatic carbocycles. The molecule has 11 heteroatoms. The van der Waals surface area contributed by atoms with Gasteiger partial charge in [0.2, 0.25) is 5.91 Å². The number of allylic oxidation sites excluding steroid dienone is 11. The van der Waals surface area contributed by atoms with Gasteiger partial charge >= 0.3 is 5.97 Å². The fourth-order valence-corrected chi connectivity index (χ4v) is 9.33. The van der Waals surface area contributed by atoms with E-state index in [0.717, 1.165) is 89.9 Å². The molecule has 1 heterocycles. The molecule has 6 N–H and O–H groups in total. The van der Waals surface area contributed by atoms with E-state index in [2.05, 4.69) is 86.8 Å². The van der Waals surface area contributed by atoms with Gasteiger partial charge in [-0.25, -0.2) is 0 Å². The molecule has 1 aliphatic rings. The maximum atomic E-state index is 13.4. The Morgan fingerprint density at radius 2 is 0.908 bits per heavy atom. The van der Waals surface area contributed by atoms with Gasteiger partial charge in [0.25, 0.3) is 0 Å². The summed E-state index contributed by atoms with van der Waals surface area (Å²) in [6, 6.07) is -1.04. The number of aliphatic hydroxyl groups is 5. The molecule has 76 heavy (non-hydrogen) atoms. The first-order chi connectivity index (χ1) is 37.2. The minimum Gasteiger partial charge on any atom is -0.454 e. The molecule has 8 atom stereocenters. The third-order valence-corrected chi connectivity index (χ3v) is 14.3. The zero-order valence-electron chi connectivity index (χ0n) is 48.6. The molecular formula is C65H115NO10.